The number of halogens is 2. The predicted molar refractivity (Wildman–Crippen MR) is 84.1 cm³/mol. The van der Waals surface area contributed by atoms with Crippen molar-refractivity contribution >= 4 is 17.2 Å². The topological polar surface area (TPSA) is 50.5 Å². The average molecular weight is 328 g/mol. The van der Waals surface area contributed by atoms with Crippen molar-refractivity contribution in [2.45, 2.75) is 19.8 Å². The molecule has 0 spiro atoms. The summed E-state index contributed by atoms with van der Waals surface area (Å²) in [4.78, 5) is 18.8. The minimum Gasteiger partial charge on any atom is -0.308 e. The largest absolute Gasteiger partial charge is 0.308 e. The SMILES string of the molecule is Cc1ccn2ncc(C(=O)N3CCCc4cc(F)c(F)cc43)c2n1. The molecule has 3 heterocycles. The third-order valence-electron chi connectivity index (χ3n) is 4.22. The van der Waals surface area contributed by atoms with Gasteiger partial charge in [0.25, 0.3) is 5.91 Å². The summed E-state index contributed by atoms with van der Waals surface area (Å²) < 4.78 is 28.6. The lowest BCUT2D eigenvalue weighted by Gasteiger charge is -2.29. The lowest BCUT2D eigenvalue weighted by Crippen LogP contribution is -2.35. The van der Waals surface area contributed by atoms with Gasteiger partial charge >= 0.3 is 0 Å². The highest BCUT2D eigenvalue weighted by molar-refractivity contribution is 6.10. The van der Waals surface area contributed by atoms with Crippen molar-refractivity contribution in [1.82, 2.24) is 14.6 Å². The normalized spacial score (nSPS) is 14.0. The molecule has 3 aromatic rings. The molecule has 24 heavy (non-hydrogen) atoms. The molecule has 0 saturated carbocycles. The van der Waals surface area contributed by atoms with Crippen LogP contribution in [0.15, 0.2) is 30.6 Å². The number of hydrogen-bond donors (Lipinski definition) is 0. The summed E-state index contributed by atoms with van der Waals surface area (Å²) in [6.07, 6.45) is 4.49. The van der Waals surface area contributed by atoms with Gasteiger partial charge in [0.15, 0.2) is 17.3 Å². The molecule has 0 bridgehead atoms. The van der Waals surface area contributed by atoms with Gasteiger partial charge in [-0.3, -0.25) is 4.79 Å². The van der Waals surface area contributed by atoms with Gasteiger partial charge in [-0.25, -0.2) is 18.3 Å². The van der Waals surface area contributed by atoms with Crippen LogP contribution in [0.4, 0.5) is 14.5 Å². The van der Waals surface area contributed by atoms with Crippen molar-refractivity contribution in [3.63, 3.8) is 0 Å². The van der Waals surface area contributed by atoms with Gasteiger partial charge in [0.05, 0.1) is 11.9 Å². The van der Waals surface area contributed by atoms with Crippen LogP contribution in [-0.2, 0) is 6.42 Å². The summed E-state index contributed by atoms with van der Waals surface area (Å²) in [6, 6.07) is 4.05. The molecule has 1 aromatic carbocycles. The van der Waals surface area contributed by atoms with Crippen LogP contribution in [0.3, 0.4) is 0 Å². The Morgan fingerprint density at radius 3 is 2.88 bits per heavy atom. The van der Waals surface area contributed by atoms with Crippen molar-refractivity contribution in [1.29, 1.82) is 0 Å². The lowest BCUT2D eigenvalue weighted by molar-refractivity contribution is 0.0986. The van der Waals surface area contributed by atoms with E-state index in [2.05, 4.69) is 10.1 Å². The second-order valence-corrected chi connectivity index (χ2v) is 5.85. The van der Waals surface area contributed by atoms with E-state index in [0.717, 1.165) is 11.8 Å². The molecule has 0 radical (unpaired) electrons. The first kappa shape index (κ1) is 14.7. The lowest BCUT2D eigenvalue weighted by atomic mass is 10.0. The molecule has 0 aliphatic carbocycles. The van der Waals surface area contributed by atoms with E-state index in [4.69, 9.17) is 0 Å². The summed E-state index contributed by atoms with van der Waals surface area (Å²) >= 11 is 0. The van der Waals surface area contributed by atoms with Crippen molar-refractivity contribution < 1.29 is 13.6 Å². The van der Waals surface area contributed by atoms with Gasteiger partial charge in [-0.2, -0.15) is 5.10 Å². The molecule has 1 aliphatic rings. The van der Waals surface area contributed by atoms with E-state index in [-0.39, 0.29) is 5.91 Å². The van der Waals surface area contributed by atoms with Crippen LogP contribution in [0.5, 0.6) is 0 Å². The number of benzene rings is 1. The number of amides is 1. The van der Waals surface area contributed by atoms with Gasteiger partial charge in [0, 0.05) is 24.5 Å². The number of aryl methyl sites for hydroxylation is 2. The van der Waals surface area contributed by atoms with E-state index in [0.29, 0.717) is 41.8 Å². The monoisotopic (exact) mass is 328 g/mol. The number of carbonyl (C=O) groups excluding carboxylic acids is 1. The third kappa shape index (κ3) is 2.24. The van der Waals surface area contributed by atoms with Gasteiger partial charge in [0.1, 0.15) is 5.56 Å². The van der Waals surface area contributed by atoms with Crippen LogP contribution in [0.2, 0.25) is 0 Å². The number of aromatic nitrogens is 3. The number of carbonyl (C=O) groups is 1. The van der Waals surface area contributed by atoms with Crippen LogP contribution in [0.1, 0.15) is 28.0 Å². The minimum absolute atomic E-state index is 0.310. The maximum Gasteiger partial charge on any atom is 0.263 e. The van der Waals surface area contributed by atoms with Gasteiger partial charge in [0.2, 0.25) is 0 Å². The molecule has 1 amide bonds. The van der Waals surface area contributed by atoms with Crippen molar-refractivity contribution in [2.24, 2.45) is 0 Å². The zero-order chi connectivity index (χ0) is 16.8. The Kier molecular flexibility index (Phi) is 3.30. The zero-order valence-electron chi connectivity index (χ0n) is 13.0. The van der Waals surface area contributed by atoms with E-state index in [9.17, 15) is 13.6 Å². The number of rotatable bonds is 1. The Morgan fingerprint density at radius 1 is 1.25 bits per heavy atom. The molecular weight excluding hydrogens is 314 g/mol. The maximum absolute atomic E-state index is 13.6. The van der Waals surface area contributed by atoms with Crippen LogP contribution < -0.4 is 4.90 Å². The van der Waals surface area contributed by atoms with Crippen molar-refractivity contribution in [3.05, 3.63) is 59.0 Å². The van der Waals surface area contributed by atoms with Gasteiger partial charge < -0.3 is 4.90 Å². The predicted octanol–water partition coefficient (Wildman–Crippen LogP) is 2.91. The van der Waals surface area contributed by atoms with Gasteiger partial charge in [-0.1, -0.05) is 0 Å². The molecule has 0 atom stereocenters. The Morgan fingerprint density at radius 2 is 2.04 bits per heavy atom. The Balaban J connectivity index is 1.81. The number of hydrogen-bond acceptors (Lipinski definition) is 3. The van der Waals surface area contributed by atoms with E-state index < -0.39 is 11.6 Å². The fourth-order valence-corrected chi connectivity index (χ4v) is 3.04. The highest BCUT2D eigenvalue weighted by Gasteiger charge is 2.27. The second kappa shape index (κ2) is 5.36. The third-order valence-corrected chi connectivity index (χ3v) is 4.22. The summed E-state index contributed by atoms with van der Waals surface area (Å²) in [5.74, 6) is -2.16. The van der Waals surface area contributed by atoms with Crippen LogP contribution in [0, 0.1) is 18.6 Å². The summed E-state index contributed by atoms with van der Waals surface area (Å²) in [7, 11) is 0. The average Bonchev–Trinajstić information content (AvgIpc) is 2.97. The molecule has 1 aliphatic heterocycles. The summed E-state index contributed by atoms with van der Waals surface area (Å²) in [5.41, 5.74) is 2.61. The standard InChI is InChI=1S/C17H14F2N4O/c1-10-4-6-23-16(21-10)12(9-20-23)17(24)22-5-2-3-11-7-13(18)14(19)8-15(11)22/h4,6-9H,2-3,5H2,1H3. The zero-order valence-corrected chi connectivity index (χ0v) is 13.0. The number of anilines is 1. The fourth-order valence-electron chi connectivity index (χ4n) is 3.04. The highest BCUT2D eigenvalue weighted by Crippen LogP contribution is 2.31. The van der Waals surface area contributed by atoms with Crippen LogP contribution in [-0.4, -0.2) is 27.0 Å². The highest BCUT2D eigenvalue weighted by atomic mass is 19.2. The van der Waals surface area contributed by atoms with Crippen molar-refractivity contribution in [3.8, 4) is 0 Å². The first-order valence-corrected chi connectivity index (χ1v) is 7.65. The quantitative estimate of drug-likeness (QED) is 0.690. The molecule has 0 unspecified atom stereocenters. The summed E-state index contributed by atoms with van der Waals surface area (Å²) in [6.45, 7) is 2.27. The first-order chi connectivity index (χ1) is 11.5. The molecule has 0 saturated heterocycles. The molecule has 4 rings (SSSR count). The van der Waals surface area contributed by atoms with E-state index in [1.807, 2.05) is 6.92 Å². The molecule has 122 valence electrons. The van der Waals surface area contributed by atoms with Crippen molar-refractivity contribution in [2.75, 3.05) is 11.4 Å². The van der Waals surface area contributed by atoms with Gasteiger partial charge in [-0.05, 0) is 37.5 Å². The smallest absolute Gasteiger partial charge is 0.263 e. The second-order valence-electron chi connectivity index (χ2n) is 5.85. The minimum atomic E-state index is -0.956. The Bertz CT molecular complexity index is 967. The number of nitrogens with zero attached hydrogens (tertiary/aromatic N) is 4. The molecule has 2 aromatic heterocycles. The molecule has 0 N–H and O–H groups in total. The van der Waals surface area contributed by atoms with Gasteiger partial charge in [-0.15, -0.1) is 0 Å². The van der Waals surface area contributed by atoms with E-state index in [1.54, 1.807) is 12.3 Å². The first-order valence-electron chi connectivity index (χ1n) is 7.65. The van der Waals surface area contributed by atoms with Crippen LogP contribution in [0.25, 0.3) is 5.65 Å². The molecule has 0 fully saturated rings. The Hall–Kier alpha value is -2.83. The molecule has 5 nitrogen and oxygen atoms in total. The van der Waals surface area contributed by atoms with E-state index in [1.165, 1.54) is 21.7 Å². The number of fused-ring (bicyclic) bond motifs is 2. The van der Waals surface area contributed by atoms with Crippen LogP contribution >= 0.6 is 0 Å². The molecular formula is C17H14F2N4O. The Labute approximate surface area is 136 Å². The summed E-state index contributed by atoms with van der Waals surface area (Å²) in [5, 5.41) is 4.14. The molecule has 7 heteroatoms. The maximum atomic E-state index is 13.6. The fraction of sp³-hybridized carbons (Fsp3) is 0.235. The van der Waals surface area contributed by atoms with E-state index >= 15 is 0 Å².